The molecule has 0 spiro atoms. The van der Waals surface area contributed by atoms with Crippen LogP contribution in [-0.4, -0.2) is 50.3 Å². The van der Waals surface area contributed by atoms with Crippen LogP contribution < -0.4 is 0 Å². The molecule has 0 saturated carbocycles. The minimum atomic E-state index is 0.269. The van der Waals surface area contributed by atoms with Gasteiger partial charge in [0, 0.05) is 93.9 Å². The predicted molar refractivity (Wildman–Crippen MR) is 263 cm³/mol. The average molecular weight is 905 g/mol. The third-order valence-electron chi connectivity index (χ3n) is 8.90. The van der Waals surface area contributed by atoms with Crippen LogP contribution >= 0.6 is 23.5 Å². The van der Waals surface area contributed by atoms with Crippen molar-refractivity contribution in [3.8, 4) is 56.4 Å². The molecule has 0 fully saturated rings. The second kappa shape index (κ2) is 26.3. The fourth-order valence-electron chi connectivity index (χ4n) is 5.60. The van der Waals surface area contributed by atoms with E-state index in [2.05, 4.69) is 29.9 Å². The van der Waals surface area contributed by atoms with Gasteiger partial charge in [0.2, 0.25) is 0 Å². The van der Waals surface area contributed by atoms with Gasteiger partial charge in [0.15, 0.2) is 0 Å². The molecule has 0 radical (unpaired) electrons. The largest absolute Gasteiger partial charge is 0.508 e. The third-order valence-corrected chi connectivity index (χ3v) is 10.9. The second-order valence-electron chi connectivity index (χ2n) is 13.6. The number of hydrogen-bond donors (Lipinski definition) is 4. The zero-order chi connectivity index (χ0) is 46.0. The van der Waals surface area contributed by atoms with Crippen LogP contribution in [0.15, 0.2) is 264 Å². The molecule has 10 aromatic rings. The quantitative estimate of drug-likeness (QED) is 0.120. The molecule has 0 aliphatic rings. The first kappa shape index (κ1) is 47.2. The van der Waals surface area contributed by atoms with E-state index in [1.54, 1.807) is 146 Å². The van der Waals surface area contributed by atoms with Gasteiger partial charge in [0.1, 0.15) is 23.0 Å². The molecule has 4 aromatic carbocycles. The van der Waals surface area contributed by atoms with E-state index in [1.165, 1.54) is 33.4 Å². The number of pyridine rings is 6. The zero-order valence-electron chi connectivity index (χ0n) is 35.4. The molecule has 0 bridgehead atoms. The number of hydrogen-bond acceptors (Lipinski definition) is 12. The lowest BCUT2D eigenvalue weighted by atomic mass is 10.1. The minimum Gasteiger partial charge on any atom is -0.508 e. The molecular formula is C54H44N6O4S2. The summed E-state index contributed by atoms with van der Waals surface area (Å²) < 4.78 is 0. The number of phenolic OH excluding ortho intramolecular Hbond substituents is 4. The highest BCUT2D eigenvalue weighted by molar-refractivity contribution is 7.99. The molecule has 0 aliphatic heterocycles. The van der Waals surface area contributed by atoms with Gasteiger partial charge in [-0.05, 0) is 203 Å². The van der Waals surface area contributed by atoms with Crippen LogP contribution in [0.25, 0.3) is 33.4 Å². The molecule has 4 N–H and O–H groups in total. The van der Waals surface area contributed by atoms with Gasteiger partial charge in [-0.25, -0.2) is 0 Å². The number of aromatic nitrogens is 6. The summed E-state index contributed by atoms with van der Waals surface area (Å²) in [4.78, 5) is 27.9. The van der Waals surface area contributed by atoms with Crippen LogP contribution in [0.5, 0.6) is 23.0 Å². The van der Waals surface area contributed by atoms with Crippen LogP contribution in [0.3, 0.4) is 0 Å². The highest BCUT2D eigenvalue weighted by Crippen LogP contribution is 2.31. The topological polar surface area (TPSA) is 158 Å². The van der Waals surface area contributed by atoms with E-state index in [0.717, 1.165) is 19.6 Å². The molecule has 0 unspecified atom stereocenters. The first-order valence-corrected chi connectivity index (χ1v) is 21.9. The van der Waals surface area contributed by atoms with Crippen LogP contribution in [0.4, 0.5) is 0 Å². The molecule has 66 heavy (non-hydrogen) atoms. The van der Waals surface area contributed by atoms with Gasteiger partial charge in [-0.15, -0.1) is 0 Å². The van der Waals surface area contributed by atoms with Crippen molar-refractivity contribution in [3.63, 3.8) is 0 Å². The van der Waals surface area contributed by atoms with E-state index >= 15 is 0 Å². The Labute approximate surface area is 392 Å². The number of benzene rings is 4. The van der Waals surface area contributed by atoms with E-state index in [1.807, 2.05) is 121 Å². The molecule has 10 rings (SSSR count). The van der Waals surface area contributed by atoms with Crippen molar-refractivity contribution in [1.29, 1.82) is 0 Å². The average Bonchev–Trinajstić information content (AvgIpc) is 3.39. The molecule has 10 nitrogen and oxygen atoms in total. The van der Waals surface area contributed by atoms with E-state index in [-0.39, 0.29) is 23.0 Å². The van der Waals surface area contributed by atoms with Crippen molar-refractivity contribution in [1.82, 2.24) is 29.9 Å². The SMILES string of the molecule is Oc1ccc(Sc2ccc(O)cc2)cc1.Oc1ccc(Sc2ccc(O)cc2)cc1.c1cc(-c2ccncc2)ccn1.c1cc(-c2ccncc2)ccn1.c1cc(-c2ccncc2)ccn1. The van der Waals surface area contributed by atoms with Crippen molar-refractivity contribution in [2.24, 2.45) is 0 Å². The van der Waals surface area contributed by atoms with Gasteiger partial charge in [0.05, 0.1) is 0 Å². The first-order valence-electron chi connectivity index (χ1n) is 20.3. The molecule has 0 saturated heterocycles. The molecule has 12 heteroatoms. The van der Waals surface area contributed by atoms with Gasteiger partial charge in [-0.1, -0.05) is 23.5 Å². The summed E-state index contributed by atoms with van der Waals surface area (Å²) in [6.07, 6.45) is 21.4. The van der Waals surface area contributed by atoms with E-state index < -0.39 is 0 Å². The van der Waals surface area contributed by atoms with Crippen molar-refractivity contribution >= 4 is 23.5 Å². The van der Waals surface area contributed by atoms with Crippen molar-refractivity contribution in [2.45, 2.75) is 19.6 Å². The summed E-state index contributed by atoms with van der Waals surface area (Å²) >= 11 is 3.17. The standard InChI is InChI=1S/2C12H10O2S.3C10H8N2/c2*13-9-1-5-11(6-2-9)15-12-7-3-10(14)4-8-12;3*1-5-11-6-2-9(1)10-3-7-12-8-4-10/h2*1-8,13-14H;3*1-8H. The molecule has 6 heterocycles. The van der Waals surface area contributed by atoms with Crippen molar-refractivity contribution < 1.29 is 20.4 Å². The van der Waals surface area contributed by atoms with Crippen molar-refractivity contribution in [3.05, 3.63) is 244 Å². The van der Waals surface area contributed by atoms with Crippen LogP contribution in [-0.2, 0) is 0 Å². The van der Waals surface area contributed by atoms with Gasteiger partial charge in [0.25, 0.3) is 0 Å². The Bertz CT molecular complexity index is 2380. The fourth-order valence-corrected chi connectivity index (χ4v) is 7.23. The Balaban J connectivity index is 0.000000137. The number of phenols is 4. The second-order valence-corrected chi connectivity index (χ2v) is 15.9. The third kappa shape index (κ3) is 16.8. The Hall–Kier alpha value is -8.32. The van der Waals surface area contributed by atoms with Gasteiger partial charge < -0.3 is 20.4 Å². The van der Waals surface area contributed by atoms with Crippen LogP contribution in [0.2, 0.25) is 0 Å². The summed E-state index contributed by atoms with van der Waals surface area (Å²) in [5, 5.41) is 36.5. The maximum absolute atomic E-state index is 9.12. The Morgan fingerprint density at radius 2 is 0.333 bits per heavy atom. The predicted octanol–water partition coefficient (Wildman–Crippen LogP) is 12.9. The molecule has 326 valence electrons. The lowest BCUT2D eigenvalue weighted by molar-refractivity contribution is 0.474. The normalized spacial score (nSPS) is 9.88. The van der Waals surface area contributed by atoms with Gasteiger partial charge in [-0.2, -0.15) is 0 Å². The summed E-state index contributed by atoms with van der Waals surface area (Å²) in [5.74, 6) is 1.07. The van der Waals surface area contributed by atoms with Crippen LogP contribution in [0.1, 0.15) is 0 Å². The molecule has 0 amide bonds. The summed E-state index contributed by atoms with van der Waals surface area (Å²) in [5.41, 5.74) is 7.04. The maximum atomic E-state index is 9.12. The Morgan fingerprint density at radius 3 is 0.470 bits per heavy atom. The van der Waals surface area contributed by atoms with E-state index in [9.17, 15) is 0 Å². The maximum Gasteiger partial charge on any atom is 0.115 e. The Kier molecular flexibility index (Phi) is 18.8. The summed E-state index contributed by atoms with van der Waals surface area (Å²) in [6, 6.07) is 51.9. The molecule has 6 aromatic heterocycles. The zero-order valence-corrected chi connectivity index (χ0v) is 37.0. The van der Waals surface area contributed by atoms with Crippen LogP contribution in [0, 0.1) is 0 Å². The molecule has 0 atom stereocenters. The van der Waals surface area contributed by atoms with E-state index in [0.29, 0.717) is 0 Å². The number of nitrogens with zero attached hydrogens (tertiary/aromatic N) is 6. The summed E-state index contributed by atoms with van der Waals surface area (Å²) in [7, 11) is 0. The van der Waals surface area contributed by atoms with Crippen molar-refractivity contribution in [2.75, 3.05) is 0 Å². The highest BCUT2D eigenvalue weighted by atomic mass is 32.2. The minimum absolute atomic E-state index is 0.269. The lowest BCUT2D eigenvalue weighted by Gasteiger charge is -2.01. The number of rotatable bonds is 7. The Morgan fingerprint density at radius 1 is 0.197 bits per heavy atom. The smallest absolute Gasteiger partial charge is 0.115 e. The molecular weight excluding hydrogens is 861 g/mol. The monoisotopic (exact) mass is 904 g/mol. The fraction of sp³-hybridized carbons (Fsp3) is 0. The lowest BCUT2D eigenvalue weighted by Crippen LogP contribution is -1.77. The molecule has 0 aliphatic carbocycles. The van der Waals surface area contributed by atoms with Gasteiger partial charge in [-0.3, -0.25) is 29.9 Å². The highest BCUT2D eigenvalue weighted by Gasteiger charge is 2.00. The number of aromatic hydroxyl groups is 4. The van der Waals surface area contributed by atoms with Gasteiger partial charge >= 0.3 is 0 Å². The van der Waals surface area contributed by atoms with E-state index in [4.69, 9.17) is 20.4 Å². The first-order chi connectivity index (χ1) is 32.4. The summed E-state index contributed by atoms with van der Waals surface area (Å²) in [6.45, 7) is 0.